The summed E-state index contributed by atoms with van der Waals surface area (Å²) in [6.07, 6.45) is 1.72. The molecule has 0 unspecified atom stereocenters. The van der Waals surface area contributed by atoms with Gasteiger partial charge in [-0.2, -0.15) is 0 Å². The minimum atomic E-state index is -1.15. The van der Waals surface area contributed by atoms with Crippen molar-refractivity contribution >= 4 is 57.8 Å². The molecule has 1 aromatic carbocycles. The first-order valence-corrected chi connectivity index (χ1v) is 8.96. The lowest BCUT2D eigenvalue weighted by Crippen LogP contribution is -2.45. The fraction of sp³-hybridized carbons (Fsp3) is 0.294. The summed E-state index contributed by atoms with van der Waals surface area (Å²) < 4.78 is 0.268. The molecule has 0 aliphatic carbocycles. The van der Waals surface area contributed by atoms with Gasteiger partial charge in [-0.3, -0.25) is 19.3 Å². The molecule has 0 bridgehead atoms. The van der Waals surface area contributed by atoms with Gasteiger partial charge in [-0.1, -0.05) is 36.1 Å². The van der Waals surface area contributed by atoms with Crippen LogP contribution in [0.4, 0.5) is 5.69 Å². The second-order valence-corrected chi connectivity index (χ2v) is 7.56. The molecule has 0 saturated carbocycles. The average Bonchev–Trinajstić information content (AvgIpc) is 2.82. The third-order valence-corrected chi connectivity index (χ3v) is 5.01. The third-order valence-electron chi connectivity index (χ3n) is 3.63. The summed E-state index contributed by atoms with van der Waals surface area (Å²) in [6, 6.07) is 6.62. The number of hydrogen-bond donors (Lipinski definition) is 2. The van der Waals surface area contributed by atoms with Gasteiger partial charge in [-0.15, -0.1) is 0 Å². The summed E-state index contributed by atoms with van der Waals surface area (Å²) in [6.45, 7) is 1.04. The van der Waals surface area contributed by atoms with Gasteiger partial charge in [0.15, 0.2) is 0 Å². The van der Waals surface area contributed by atoms with Crippen molar-refractivity contribution in [1.82, 2.24) is 10.2 Å². The van der Waals surface area contributed by atoms with E-state index < -0.39 is 17.9 Å². The van der Waals surface area contributed by atoms with Crippen molar-refractivity contribution in [2.45, 2.75) is 13.0 Å². The quantitative estimate of drug-likeness (QED) is 0.560. The average molecular weight is 393 g/mol. The number of rotatable bonds is 6. The minimum absolute atomic E-state index is 0.268. The molecule has 26 heavy (non-hydrogen) atoms. The molecule has 9 heteroatoms. The number of carboxylic acids is 1. The molecular weight excluding hydrogens is 374 g/mol. The zero-order valence-corrected chi connectivity index (χ0v) is 16.2. The van der Waals surface area contributed by atoms with E-state index in [0.29, 0.717) is 4.91 Å². The Morgan fingerprint density at radius 1 is 1.35 bits per heavy atom. The van der Waals surface area contributed by atoms with E-state index in [9.17, 15) is 14.4 Å². The highest BCUT2D eigenvalue weighted by molar-refractivity contribution is 8.26. The monoisotopic (exact) mass is 393 g/mol. The normalized spacial score (nSPS) is 16.7. The van der Waals surface area contributed by atoms with Crippen LogP contribution in [0.15, 0.2) is 29.2 Å². The fourth-order valence-corrected chi connectivity index (χ4v) is 3.40. The van der Waals surface area contributed by atoms with E-state index in [1.807, 2.05) is 43.3 Å². The number of nitrogens with zero attached hydrogens (tertiary/aromatic N) is 2. The van der Waals surface area contributed by atoms with Crippen LogP contribution in [0, 0.1) is 0 Å². The number of carbonyl (C=O) groups is 3. The predicted molar refractivity (Wildman–Crippen MR) is 106 cm³/mol. The van der Waals surface area contributed by atoms with Gasteiger partial charge in [0, 0.05) is 19.8 Å². The topological polar surface area (TPSA) is 90.0 Å². The Bertz CT molecular complexity index is 775. The number of amides is 2. The lowest BCUT2D eigenvalue weighted by molar-refractivity contribution is -0.141. The van der Waals surface area contributed by atoms with E-state index in [2.05, 4.69) is 5.32 Å². The summed E-state index contributed by atoms with van der Waals surface area (Å²) in [5, 5.41) is 11.1. The zero-order valence-electron chi connectivity index (χ0n) is 14.6. The Balaban J connectivity index is 2.08. The minimum Gasteiger partial charge on any atom is -0.480 e. The lowest BCUT2D eigenvalue weighted by atomic mass is 10.2. The molecule has 1 aliphatic rings. The van der Waals surface area contributed by atoms with E-state index >= 15 is 0 Å². The molecule has 0 radical (unpaired) electrons. The number of thioether (sulfide) groups is 1. The van der Waals surface area contributed by atoms with Gasteiger partial charge >= 0.3 is 5.97 Å². The smallest absolute Gasteiger partial charge is 0.325 e. The van der Waals surface area contributed by atoms with Gasteiger partial charge in [0.2, 0.25) is 5.91 Å². The number of aliphatic carboxylic acids is 1. The molecule has 0 spiro atoms. The van der Waals surface area contributed by atoms with Gasteiger partial charge in [0.05, 0.1) is 4.91 Å². The Morgan fingerprint density at radius 3 is 2.50 bits per heavy atom. The van der Waals surface area contributed by atoms with E-state index in [1.165, 1.54) is 11.8 Å². The largest absolute Gasteiger partial charge is 0.480 e. The highest BCUT2D eigenvalue weighted by atomic mass is 32.2. The molecule has 1 heterocycles. The Labute approximate surface area is 161 Å². The van der Waals surface area contributed by atoms with Crippen molar-refractivity contribution in [1.29, 1.82) is 0 Å². The van der Waals surface area contributed by atoms with Crippen LogP contribution in [0.1, 0.15) is 12.5 Å². The number of carbonyl (C=O) groups excluding carboxylic acids is 2. The van der Waals surface area contributed by atoms with Crippen LogP contribution in [-0.4, -0.2) is 58.8 Å². The van der Waals surface area contributed by atoms with Crippen LogP contribution in [0.25, 0.3) is 6.08 Å². The molecule has 138 valence electrons. The maximum Gasteiger partial charge on any atom is 0.325 e. The van der Waals surface area contributed by atoms with Crippen LogP contribution in [0.5, 0.6) is 0 Å². The van der Waals surface area contributed by atoms with Crippen molar-refractivity contribution in [2.75, 3.05) is 25.5 Å². The van der Waals surface area contributed by atoms with E-state index in [4.69, 9.17) is 17.3 Å². The maximum atomic E-state index is 12.5. The summed E-state index contributed by atoms with van der Waals surface area (Å²) in [7, 11) is 3.88. The molecule has 1 aromatic rings. The standard InChI is InChI=1S/C17H19N3O4S2/c1-10(16(23)24)18-14(21)9-20-15(22)13(26-17(20)25)8-11-4-6-12(7-5-11)19(2)3/h4-8,10H,9H2,1-3H3,(H,18,21)(H,23,24)/b13-8-/t10-/m1/s1. The molecule has 1 saturated heterocycles. The Morgan fingerprint density at radius 2 is 1.96 bits per heavy atom. The second kappa shape index (κ2) is 8.33. The maximum absolute atomic E-state index is 12.5. The van der Waals surface area contributed by atoms with Gasteiger partial charge in [-0.05, 0) is 30.7 Å². The van der Waals surface area contributed by atoms with Crippen molar-refractivity contribution in [3.8, 4) is 0 Å². The van der Waals surface area contributed by atoms with Crippen molar-refractivity contribution < 1.29 is 19.5 Å². The van der Waals surface area contributed by atoms with Gasteiger partial charge in [-0.25, -0.2) is 0 Å². The van der Waals surface area contributed by atoms with Crippen molar-refractivity contribution in [3.05, 3.63) is 34.7 Å². The van der Waals surface area contributed by atoms with Gasteiger partial charge < -0.3 is 15.3 Å². The summed E-state index contributed by atoms with van der Waals surface area (Å²) >= 11 is 6.29. The molecular formula is C17H19N3O4S2. The molecule has 2 N–H and O–H groups in total. The predicted octanol–water partition coefficient (Wildman–Crippen LogP) is 1.54. The van der Waals surface area contributed by atoms with E-state index in [0.717, 1.165) is 23.0 Å². The Hall–Kier alpha value is -2.39. The first-order valence-electron chi connectivity index (χ1n) is 7.74. The molecule has 1 aliphatic heterocycles. The van der Waals surface area contributed by atoms with E-state index in [1.54, 1.807) is 6.08 Å². The SMILES string of the molecule is C[C@@H](NC(=O)CN1C(=O)/C(=C/c2ccc(N(C)C)cc2)SC1=S)C(=O)O. The van der Waals surface area contributed by atoms with Gasteiger partial charge in [0.25, 0.3) is 5.91 Å². The molecule has 1 atom stereocenters. The molecule has 0 aromatic heterocycles. The van der Waals surface area contributed by atoms with Crippen LogP contribution in [-0.2, 0) is 14.4 Å². The number of nitrogens with one attached hydrogen (secondary N) is 1. The molecule has 1 fully saturated rings. The first kappa shape index (κ1) is 19.9. The number of thiocarbonyl (C=S) groups is 1. The van der Waals surface area contributed by atoms with Crippen molar-refractivity contribution in [2.24, 2.45) is 0 Å². The first-order chi connectivity index (χ1) is 12.2. The summed E-state index contributed by atoms with van der Waals surface area (Å²) in [5.41, 5.74) is 1.89. The van der Waals surface area contributed by atoms with Crippen LogP contribution < -0.4 is 10.2 Å². The molecule has 2 amide bonds. The van der Waals surface area contributed by atoms with Crippen LogP contribution in [0.2, 0.25) is 0 Å². The van der Waals surface area contributed by atoms with E-state index in [-0.39, 0.29) is 16.8 Å². The fourth-order valence-electron chi connectivity index (χ4n) is 2.15. The van der Waals surface area contributed by atoms with Crippen LogP contribution in [0.3, 0.4) is 0 Å². The Kier molecular flexibility index (Phi) is 6.38. The molecule has 7 nitrogen and oxygen atoms in total. The zero-order chi connectivity index (χ0) is 19.4. The van der Waals surface area contributed by atoms with Crippen molar-refractivity contribution in [3.63, 3.8) is 0 Å². The molecule has 2 rings (SSSR count). The highest BCUT2D eigenvalue weighted by Crippen LogP contribution is 2.32. The summed E-state index contributed by atoms with van der Waals surface area (Å²) in [5.74, 6) is -2.09. The third kappa shape index (κ3) is 4.83. The van der Waals surface area contributed by atoms with Gasteiger partial charge in [0.1, 0.15) is 16.9 Å². The number of anilines is 1. The number of benzene rings is 1. The van der Waals surface area contributed by atoms with Crippen LogP contribution >= 0.6 is 24.0 Å². The number of carboxylic acid groups (broad SMARTS) is 1. The second-order valence-electron chi connectivity index (χ2n) is 5.88. The highest BCUT2D eigenvalue weighted by Gasteiger charge is 2.33. The summed E-state index contributed by atoms with van der Waals surface area (Å²) in [4.78, 5) is 38.8. The number of hydrogen-bond acceptors (Lipinski definition) is 6. The lowest BCUT2D eigenvalue weighted by Gasteiger charge is -2.15.